The van der Waals surface area contributed by atoms with Gasteiger partial charge in [0.2, 0.25) is 0 Å². The number of amides is 2. The first kappa shape index (κ1) is 28.6. The maximum atomic E-state index is 13.0. The maximum absolute atomic E-state index is 13.0. The number of hydrogen-bond donors (Lipinski definition) is 2. The topological polar surface area (TPSA) is 106 Å². The minimum atomic E-state index is -0.847. The van der Waals surface area contributed by atoms with E-state index in [4.69, 9.17) is 32.7 Å². The van der Waals surface area contributed by atoms with Crippen LogP contribution >= 0.6 is 34.5 Å². The van der Waals surface area contributed by atoms with Crippen molar-refractivity contribution in [2.24, 2.45) is 5.10 Å². The molecule has 0 unspecified atom stereocenters. The van der Waals surface area contributed by atoms with Crippen molar-refractivity contribution >= 4 is 63.5 Å². The van der Waals surface area contributed by atoms with Crippen LogP contribution in [0.1, 0.15) is 63.4 Å². The predicted octanol–water partition coefficient (Wildman–Crippen LogP) is 6.28. The number of benzene rings is 2. The molecule has 1 aromatic heterocycles. The van der Waals surface area contributed by atoms with Crippen molar-refractivity contribution in [3.05, 3.63) is 79.6 Å². The molecule has 1 aliphatic rings. The fourth-order valence-corrected chi connectivity index (χ4v) is 5.62. The maximum Gasteiger partial charge on any atom is 0.341 e. The summed E-state index contributed by atoms with van der Waals surface area (Å²) in [5.41, 5.74) is 4.91. The van der Waals surface area contributed by atoms with Crippen molar-refractivity contribution in [3.8, 4) is 5.75 Å². The normalized spacial score (nSPS) is 13.4. The van der Waals surface area contributed by atoms with E-state index >= 15 is 0 Å². The summed E-state index contributed by atoms with van der Waals surface area (Å²) in [6, 6.07) is 11.4. The number of thiophene rings is 1. The molecule has 0 saturated heterocycles. The van der Waals surface area contributed by atoms with E-state index in [-0.39, 0.29) is 12.5 Å². The lowest BCUT2D eigenvalue weighted by Gasteiger charge is -2.13. The van der Waals surface area contributed by atoms with E-state index in [9.17, 15) is 14.4 Å². The fourth-order valence-electron chi connectivity index (χ4n) is 4.04. The van der Waals surface area contributed by atoms with Gasteiger partial charge in [0, 0.05) is 10.4 Å². The molecule has 0 fully saturated rings. The van der Waals surface area contributed by atoms with Crippen LogP contribution in [0.2, 0.25) is 10.0 Å². The molecule has 1 atom stereocenters. The largest absolute Gasteiger partial charge is 0.481 e. The summed E-state index contributed by atoms with van der Waals surface area (Å²) in [5.74, 6) is -0.819. The molecule has 4 rings (SSSR count). The number of carbonyl (C=O) groups is 3. The van der Waals surface area contributed by atoms with Crippen LogP contribution in [0.4, 0.5) is 5.00 Å². The molecule has 39 heavy (non-hydrogen) atoms. The third-order valence-electron chi connectivity index (χ3n) is 6.01. The van der Waals surface area contributed by atoms with Crippen LogP contribution in [0.25, 0.3) is 0 Å². The van der Waals surface area contributed by atoms with E-state index in [1.807, 2.05) is 0 Å². The lowest BCUT2D eigenvalue weighted by atomic mass is 9.95. The van der Waals surface area contributed by atoms with Crippen molar-refractivity contribution in [2.45, 2.75) is 45.6 Å². The van der Waals surface area contributed by atoms with Crippen LogP contribution in [0.5, 0.6) is 5.75 Å². The summed E-state index contributed by atoms with van der Waals surface area (Å²) >= 11 is 13.3. The van der Waals surface area contributed by atoms with Gasteiger partial charge in [-0.3, -0.25) is 9.59 Å². The van der Waals surface area contributed by atoms with E-state index in [2.05, 4.69) is 15.8 Å². The monoisotopic (exact) mass is 587 g/mol. The molecule has 2 aromatic carbocycles. The third kappa shape index (κ3) is 7.17. The van der Waals surface area contributed by atoms with Crippen LogP contribution < -0.4 is 15.5 Å². The highest BCUT2D eigenvalue weighted by atomic mass is 35.5. The van der Waals surface area contributed by atoms with Gasteiger partial charge >= 0.3 is 5.97 Å². The Kier molecular flexibility index (Phi) is 9.61. The summed E-state index contributed by atoms with van der Waals surface area (Å²) in [7, 11) is 0. The van der Waals surface area contributed by atoms with Gasteiger partial charge in [-0.15, -0.1) is 11.3 Å². The number of anilines is 1. The highest BCUT2D eigenvalue weighted by molar-refractivity contribution is 7.17. The van der Waals surface area contributed by atoms with Gasteiger partial charge in [-0.25, -0.2) is 10.2 Å². The van der Waals surface area contributed by atoms with E-state index in [0.717, 1.165) is 36.1 Å². The molecule has 1 aliphatic carbocycles. The quantitative estimate of drug-likeness (QED) is 0.174. The number of halogens is 2. The number of nitrogens with zero attached hydrogens (tertiary/aromatic N) is 1. The summed E-state index contributed by atoms with van der Waals surface area (Å²) in [4.78, 5) is 39.1. The van der Waals surface area contributed by atoms with Gasteiger partial charge in [0.15, 0.2) is 6.10 Å². The Balaban J connectivity index is 1.36. The lowest BCUT2D eigenvalue weighted by Crippen LogP contribution is -2.33. The molecule has 8 nitrogen and oxygen atoms in total. The zero-order valence-electron chi connectivity index (χ0n) is 21.4. The van der Waals surface area contributed by atoms with Gasteiger partial charge in [0.25, 0.3) is 11.8 Å². The smallest absolute Gasteiger partial charge is 0.341 e. The van der Waals surface area contributed by atoms with Crippen LogP contribution in [0, 0.1) is 0 Å². The minimum Gasteiger partial charge on any atom is -0.481 e. The number of hydrogen-bond acceptors (Lipinski definition) is 7. The second-order valence-electron chi connectivity index (χ2n) is 8.78. The number of ether oxygens (including phenoxy) is 2. The van der Waals surface area contributed by atoms with Crippen LogP contribution in [0.3, 0.4) is 0 Å². The second kappa shape index (κ2) is 13.1. The number of esters is 1. The molecule has 3 aromatic rings. The number of hydrazone groups is 1. The van der Waals surface area contributed by atoms with E-state index in [1.165, 1.54) is 17.6 Å². The molecule has 204 valence electrons. The summed E-state index contributed by atoms with van der Waals surface area (Å²) in [6.07, 6.45) is 4.35. The SMILES string of the molecule is CCOC(=O)c1c(NC(=O)c2ccc(O[C@@H](C)C(=O)N/N=C\c3ccc(Cl)c(Cl)c3)cc2)sc2c1CCCC2. The predicted molar refractivity (Wildman–Crippen MR) is 154 cm³/mol. The number of fused-ring (bicyclic) bond motifs is 1. The number of aryl methyl sites for hydroxylation is 1. The first-order valence-corrected chi connectivity index (χ1v) is 14.0. The van der Waals surface area contributed by atoms with Gasteiger partial charge in [-0.1, -0.05) is 29.3 Å². The zero-order valence-corrected chi connectivity index (χ0v) is 23.7. The molecule has 2 amide bonds. The Hall–Kier alpha value is -3.40. The van der Waals surface area contributed by atoms with Gasteiger partial charge in [-0.05, 0) is 87.1 Å². The third-order valence-corrected chi connectivity index (χ3v) is 7.95. The molecule has 0 aliphatic heterocycles. The number of nitrogens with one attached hydrogen (secondary N) is 2. The van der Waals surface area contributed by atoms with Crippen molar-refractivity contribution in [2.75, 3.05) is 11.9 Å². The van der Waals surface area contributed by atoms with Gasteiger partial charge in [-0.2, -0.15) is 5.10 Å². The first-order valence-electron chi connectivity index (χ1n) is 12.4. The van der Waals surface area contributed by atoms with E-state index < -0.39 is 18.0 Å². The average Bonchev–Trinajstić information content (AvgIpc) is 3.29. The van der Waals surface area contributed by atoms with Gasteiger partial charge in [0.1, 0.15) is 10.8 Å². The van der Waals surface area contributed by atoms with Crippen LogP contribution in [0.15, 0.2) is 47.6 Å². The fraction of sp³-hybridized carbons (Fsp3) is 0.286. The van der Waals surface area contributed by atoms with Gasteiger partial charge in [0.05, 0.1) is 28.4 Å². The molecule has 11 heteroatoms. The number of rotatable bonds is 9. The number of carbonyl (C=O) groups excluding carboxylic acids is 3. The highest BCUT2D eigenvalue weighted by Gasteiger charge is 2.27. The molecule has 0 saturated carbocycles. The lowest BCUT2D eigenvalue weighted by molar-refractivity contribution is -0.127. The molecular weight excluding hydrogens is 561 g/mol. The summed E-state index contributed by atoms with van der Waals surface area (Å²) in [6.45, 7) is 3.60. The van der Waals surface area contributed by atoms with Crippen molar-refractivity contribution in [1.29, 1.82) is 0 Å². The molecular formula is C28H27Cl2N3O5S. The molecule has 0 bridgehead atoms. The Morgan fingerprint density at radius 1 is 1.08 bits per heavy atom. The molecule has 1 heterocycles. The zero-order chi connectivity index (χ0) is 27.9. The summed E-state index contributed by atoms with van der Waals surface area (Å²) < 4.78 is 10.9. The minimum absolute atomic E-state index is 0.262. The van der Waals surface area contributed by atoms with Crippen molar-refractivity contribution in [3.63, 3.8) is 0 Å². The Labute approximate surface area is 240 Å². The van der Waals surface area contributed by atoms with Crippen molar-refractivity contribution in [1.82, 2.24) is 5.43 Å². The average molecular weight is 589 g/mol. The Morgan fingerprint density at radius 2 is 1.82 bits per heavy atom. The molecule has 2 N–H and O–H groups in total. The van der Waals surface area contributed by atoms with E-state index in [1.54, 1.807) is 56.3 Å². The van der Waals surface area contributed by atoms with Crippen molar-refractivity contribution < 1.29 is 23.9 Å². The second-order valence-corrected chi connectivity index (χ2v) is 10.7. The highest BCUT2D eigenvalue weighted by Crippen LogP contribution is 2.39. The first-order chi connectivity index (χ1) is 18.8. The van der Waals surface area contributed by atoms with Crippen LogP contribution in [-0.4, -0.2) is 36.7 Å². The van der Waals surface area contributed by atoms with Gasteiger partial charge < -0.3 is 14.8 Å². The Bertz CT molecular complexity index is 1400. The molecule has 0 spiro atoms. The standard InChI is InChI=1S/C28H27Cl2N3O5S/c1-3-37-28(36)24-20-6-4-5-7-23(20)39-27(24)32-26(35)18-9-11-19(12-10-18)38-16(2)25(34)33-31-15-17-8-13-21(29)22(30)14-17/h8-16H,3-7H2,1-2H3,(H,32,35)(H,33,34)/b31-15-/t16-/m0/s1. The summed E-state index contributed by atoms with van der Waals surface area (Å²) in [5, 5.41) is 8.12. The van der Waals surface area contributed by atoms with Crippen LogP contribution in [-0.2, 0) is 22.4 Å². The molecule has 0 radical (unpaired) electrons. The van der Waals surface area contributed by atoms with E-state index in [0.29, 0.717) is 37.5 Å². The Morgan fingerprint density at radius 3 is 2.54 bits per heavy atom.